The maximum Gasteiger partial charge on any atom is 0.255 e. The van der Waals surface area contributed by atoms with Crippen molar-refractivity contribution < 1.29 is 29.1 Å². The van der Waals surface area contributed by atoms with Gasteiger partial charge in [-0.2, -0.15) is 0 Å². The van der Waals surface area contributed by atoms with Crippen LogP contribution < -0.4 is 27.0 Å². The summed E-state index contributed by atoms with van der Waals surface area (Å²) < 4.78 is 0. The van der Waals surface area contributed by atoms with Gasteiger partial charge < -0.3 is 32.1 Å². The van der Waals surface area contributed by atoms with Crippen molar-refractivity contribution in [2.75, 3.05) is 18.5 Å². The van der Waals surface area contributed by atoms with Gasteiger partial charge in [-0.05, 0) is 59.6 Å². The molecule has 0 spiro atoms. The zero-order chi connectivity index (χ0) is 38.4. The molecule has 276 valence electrons. The molecule has 5 amide bonds. The lowest BCUT2D eigenvalue weighted by atomic mass is 9.87. The Morgan fingerprint density at radius 2 is 1.72 bits per heavy atom. The third kappa shape index (κ3) is 9.49. The predicted octanol–water partition coefficient (Wildman–Crippen LogP) is 3.03. The van der Waals surface area contributed by atoms with Crippen molar-refractivity contribution in [3.63, 3.8) is 0 Å². The summed E-state index contributed by atoms with van der Waals surface area (Å²) in [5, 5.41) is 20.7. The zero-order valence-electron chi connectivity index (χ0n) is 30.5. The number of rotatable bonds is 8. The van der Waals surface area contributed by atoms with Gasteiger partial charge in [0.05, 0.1) is 29.9 Å². The molecule has 1 aromatic heterocycles. The predicted molar refractivity (Wildman–Crippen MR) is 201 cm³/mol. The molecule has 1 aliphatic heterocycles. The number of aliphatic hydroxyl groups excluding tert-OH is 1. The Morgan fingerprint density at radius 1 is 0.981 bits per heavy atom. The van der Waals surface area contributed by atoms with E-state index in [4.69, 9.17) is 5.73 Å². The van der Waals surface area contributed by atoms with Crippen molar-refractivity contribution >= 4 is 35.2 Å². The third-order valence-electron chi connectivity index (χ3n) is 9.08. The van der Waals surface area contributed by atoms with E-state index in [1.54, 1.807) is 38.1 Å². The molecule has 0 saturated heterocycles. The molecule has 0 radical (unpaired) electrons. The van der Waals surface area contributed by atoms with Gasteiger partial charge >= 0.3 is 0 Å². The van der Waals surface area contributed by atoms with Crippen molar-refractivity contribution in [1.82, 2.24) is 25.9 Å². The van der Waals surface area contributed by atoms with E-state index < -0.39 is 41.6 Å². The van der Waals surface area contributed by atoms with Gasteiger partial charge in [-0.25, -0.2) is 9.97 Å². The van der Waals surface area contributed by atoms with Crippen molar-refractivity contribution in [2.24, 2.45) is 5.73 Å². The second-order valence-corrected chi connectivity index (χ2v) is 14.3. The number of amides is 5. The van der Waals surface area contributed by atoms with Crippen LogP contribution >= 0.6 is 0 Å². The molecule has 1 aliphatic rings. The number of nitrogens with one attached hydrogen (secondary N) is 4. The standard InChI is InChI=1S/C40H45N7O6/c1-22-15-25-17-29(27-8-6-7-24(16-27)19-33(49)42-21-34(50)45-32(18-25)36(41)51)35(22)47-39(53)31(13-14-48)46-38(52)30-20-43-37(44-23(30)2)26-9-11-28(12-10-26)40(3,4)5/h6-12,15-17,20,31-32,48H,13-14,18-19,21H2,1-5H3,(H2,41,51)(H,42,49)(H,45,50)(H,46,52)(H,47,53)/t31-,32?/m0/s1. The lowest BCUT2D eigenvalue weighted by molar-refractivity contribution is -0.128. The van der Waals surface area contributed by atoms with Crippen LogP contribution in [0.1, 0.15) is 65.5 Å². The molecule has 13 nitrogen and oxygen atoms in total. The van der Waals surface area contributed by atoms with Crippen LogP contribution in [0.5, 0.6) is 0 Å². The summed E-state index contributed by atoms with van der Waals surface area (Å²) in [5.74, 6) is -2.40. The highest BCUT2D eigenvalue weighted by atomic mass is 16.3. The number of carbonyl (C=O) groups excluding carboxylic acids is 5. The number of fused-ring (bicyclic) bond motifs is 5. The highest BCUT2D eigenvalue weighted by molar-refractivity contribution is 6.04. The number of primary amides is 1. The molecule has 0 fully saturated rings. The van der Waals surface area contributed by atoms with E-state index in [9.17, 15) is 29.1 Å². The van der Waals surface area contributed by atoms with Crippen LogP contribution in [-0.2, 0) is 37.4 Å². The summed E-state index contributed by atoms with van der Waals surface area (Å²) in [6.07, 6.45) is 1.39. The molecule has 7 N–H and O–H groups in total. The molecule has 2 atom stereocenters. The van der Waals surface area contributed by atoms with Crippen LogP contribution in [0.3, 0.4) is 0 Å². The van der Waals surface area contributed by atoms with Gasteiger partial charge in [0.25, 0.3) is 5.91 Å². The van der Waals surface area contributed by atoms with E-state index in [0.29, 0.717) is 45.0 Å². The molecule has 0 aliphatic carbocycles. The van der Waals surface area contributed by atoms with Gasteiger partial charge in [-0.1, -0.05) is 75.4 Å². The topological polar surface area (TPSA) is 206 Å². The van der Waals surface area contributed by atoms with Gasteiger partial charge in [-0.15, -0.1) is 0 Å². The maximum absolute atomic E-state index is 13.9. The van der Waals surface area contributed by atoms with Crippen LogP contribution in [-0.4, -0.2) is 69.8 Å². The van der Waals surface area contributed by atoms with Crippen molar-refractivity contribution in [2.45, 2.75) is 71.4 Å². The lowest BCUT2D eigenvalue weighted by Crippen LogP contribution is -2.49. The number of aliphatic hydroxyl groups is 1. The molecule has 3 aromatic carbocycles. The lowest BCUT2D eigenvalue weighted by Gasteiger charge is -2.23. The summed E-state index contributed by atoms with van der Waals surface area (Å²) in [4.78, 5) is 73.9. The number of benzene rings is 3. The fourth-order valence-electron chi connectivity index (χ4n) is 6.15. The molecule has 2 heterocycles. The zero-order valence-corrected chi connectivity index (χ0v) is 30.5. The SMILES string of the molecule is Cc1cc2cc(c1NC(=O)[C@H](CCO)NC(=O)c1cnc(-c3ccc(C(C)(C)C)cc3)nc1C)-c1cccc(c1)CC(=O)NCC(=O)NC(C(N)=O)C2. The summed E-state index contributed by atoms with van der Waals surface area (Å²) in [6.45, 7) is 9.17. The molecule has 53 heavy (non-hydrogen) atoms. The van der Waals surface area contributed by atoms with E-state index in [1.807, 2.05) is 36.4 Å². The van der Waals surface area contributed by atoms with E-state index in [2.05, 4.69) is 52.0 Å². The number of anilines is 1. The van der Waals surface area contributed by atoms with Crippen LogP contribution in [0.4, 0.5) is 5.69 Å². The molecule has 0 saturated carbocycles. The smallest absolute Gasteiger partial charge is 0.255 e. The van der Waals surface area contributed by atoms with Crippen LogP contribution in [0.2, 0.25) is 0 Å². The number of hydrogen-bond donors (Lipinski definition) is 6. The second kappa shape index (κ2) is 16.2. The van der Waals surface area contributed by atoms with Crippen LogP contribution in [0.15, 0.2) is 66.9 Å². The molecule has 13 heteroatoms. The minimum absolute atomic E-state index is 0.00986. The van der Waals surface area contributed by atoms with Gasteiger partial charge in [0.1, 0.15) is 12.1 Å². The number of carbonyl (C=O) groups is 5. The first kappa shape index (κ1) is 38.3. The Labute approximate surface area is 308 Å². The van der Waals surface area contributed by atoms with Crippen molar-refractivity contribution in [3.8, 4) is 22.5 Å². The van der Waals surface area contributed by atoms with E-state index >= 15 is 0 Å². The minimum Gasteiger partial charge on any atom is -0.396 e. The van der Waals surface area contributed by atoms with Crippen molar-refractivity contribution in [3.05, 3.63) is 100 Å². The van der Waals surface area contributed by atoms with Crippen LogP contribution in [0.25, 0.3) is 22.5 Å². The molecular weight excluding hydrogens is 674 g/mol. The number of aromatic nitrogens is 2. The minimum atomic E-state index is -1.13. The largest absolute Gasteiger partial charge is 0.396 e. The third-order valence-corrected chi connectivity index (χ3v) is 9.08. The molecule has 5 rings (SSSR count). The molecular formula is C40H45N7O6. The first-order valence-electron chi connectivity index (χ1n) is 17.4. The van der Waals surface area contributed by atoms with Crippen molar-refractivity contribution in [1.29, 1.82) is 0 Å². The van der Waals surface area contributed by atoms with Gasteiger partial charge in [0.2, 0.25) is 23.6 Å². The molecule has 1 unspecified atom stereocenters. The first-order chi connectivity index (χ1) is 25.1. The number of nitrogens with two attached hydrogens (primary N) is 1. The fourth-order valence-corrected chi connectivity index (χ4v) is 6.15. The van der Waals surface area contributed by atoms with E-state index in [-0.39, 0.29) is 43.4 Å². The second-order valence-electron chi connectivity index (χ2n) is 14.3. The average molecular weight is 720 g/mol. The number of aryl methyl sites for hydroxylation is 2. The number of nitrogens with zero attached hydrogens (tertiary/aromatic N) is 2. The summed E-state index contributed by atoms with van der Waals surface area (Å²) in [5.41, 5.74) is 11.8. The first-order valence-corrected chi connectivity index (χ1v) is 17.4. The molecule has 4 aromatic rings. The van der Waals surface area contributed by atoms with E-state index in [1.165, 1.54) is 11.8 Å². The monoisotopic (exact) mass is 719 g/mol. The highest BCUT2D eigenvalue weighted by Crippen LogP contribution is 2.34. The Balaban J connectivity index is 1.43. The van der Waals surface area contributed by atoms with E-state index in [0.717, 1.165) is 5.56 Å². The number of hydrogen-bond acceptors (Lipinski definition) is 8. The average Bonchev–Trinajstić information content (AvgIpc) is 3.10. The Bertz CT molecular complexity index is 2060. The molecule has 4 bridgehead atoms. The van der Waals surface area contributed by atoms with Gasteiger partial charge in [0.15, 0.2) is 5.82 Å². The van der Waals surface area contributed by atoms with Gasteiger partial charge in [-0.3, -0.25) is 24.0 Å². The quantitative estimate of drug-likeness (QED) is 0.159. The van der Waals surface area contributed by atoms with Gasteiger partial charge in [0, 0.05) is 30.4 Å². The van der Waals surface area contributed by atoms with Crippen LogP contribution in [0, 0.1) is 13.8 Å². The maximum atomic E-state index is 13.9. The normalized spacial score (nSPS) is 15.3. The summed E-state index contributed by atoms with van der Waals surface area (Å²) >= 11 is 0. The Kier molecular flexibility index (Phi) is 11.7. The Hall–Kier alpha value is -5.95. The summed E-state index contributed by atoms with van der Waals surface area (Å²) in [7, 11) is 0. The Morgan fingerprint density at radius 3 is 2.38 bits per heavy atom. The highest BCUT2D eigenvalue weighted by Gasteiger charge is 2.26. The fraction of sp³-hybridized carbons (Fsp3) is 0.325. The summed E-state index contributed by atoms with van der Waals surface area (Å²) in [6, 6.07) is 16.5.